The Balaban J connectivity index is 2.07. The highest BCUT2D eigenvalue weighted by molar-refractivity contribution is 5.52. The van der Waals surface area contributed by atoms with Gasteiger partial charge in [0.1, 0.15) is 0 Å². The van der Waals surface area contributed by atoms with Crippen LogP contribution < -0.4 is 5.32 Å². The van der Waals surface area contributed by atoms with Crippen molar-refractivity contribution in [1.29, 1.82) is 0 Å². The fourth-order valence-corrected chi connectivity index (χ4v) is 1.46. The van der Waals surface area contributed by atoms with Crippen molar-refractivity contribution in [1.82, 2.24) is 20.3 Å². The molecule has 0 saturated carbocycles. The molecule has 2 rings (SSSR count). The van der Waals surface area contributed by atoms with Crippen LogP contribution in [0.5, 0.6) is 0 Å². The van der Waals surface area contributed by atoms with E-state index in [-0.39, 0.29) is 5.54 Å². The second kappa shape index (κ2) is 5.23. The van der Waals surface area contributed by atoms with E-state index in [0.717, 1.165) is 17.7 Å². The molecule has 0 aliphatic heterocycles. The lowest BCUT2D eigenvalue weighted by atomic mass is 10.1. The number of rotatable bonds is 3. The Morgan fingerprint density at radius 3 is 2.39 bits per heavy atom. The quantitative estimate of drug-likeness (QED) is 0.898. The van der Waals surface area contributed by atoms with E-state index in [1.54, 1.807) is 12.4 Å². The number of hydrogen-bond acceptors (Lipinski definition) is 4. The Hall–Kier alpha value is -1.81. The third-order valence-corrected chi connectivity index (χ3v) is 2.45. The molecule has 0 saturated heterocycles. The van der Waals surface area contributed by atoms with E-state index in [1.165, 1.54) is 0 Å². The molecule has 0 unspecified atom stereocenters. The van der Waals surface area contributed by atoms with Crippen LogP contribution in [0.2, 0.25) is 0 Å². The van der Waals surface area contributed by atoms with Crippen LogP contribution in [-0.4, -0.2) is 20.5 Å². The average molecular weight is 242 g/mol. The topological polar surface area (TPSA) is 50.7 Å². The Morgan fingerprint density at radius 1 is 1.11 bits per heavy atom. The van der Waals surface area contributed by atoms with Crippen molar-refractivity contribution in [3.63, 3.8) is 0 Å². The predicted molar refractivity (Wildman–Crippen MR) is 71.9 cm³/mol. The number of aromatic nitrogens is 3. The van der Waals surface area contributed by atoms with Crippen molar-refractivity contribution in [3.8, 4) is 11.4 Å². The standard InChI is InChI=1S/C14H18N4/c1-14(2,3)18-9-11-7-16-13(17-8-11)12-5-4-6-15-10-12/h4-8,10,18H,9H2,1-3H3. The minimum atomic E-state index is 0.0992. The van der Waals surface area contributed by atoms with Crippen molar-refractivity contribution < 1.29 is 0 Å². The minimum absolute atomic E-state index is 0.0992. The monoisotopic (exact) mass is 242 g/mol. The third kappa shape index (κ3) is 3.60. The summed E-state index contributed by atoms with van der Waals surface area (Å²) in [4.78, 5) is 12.8. The molecule has 2 aromatic heterocycles. The van der Waals surface area contributed by atoms with Gasteiger partial charge in [0.2, 0.25) is 0 Å². The van der Waals surface area contributed by atoms with Crippen LogP contribution >= 0.6 is 0 Å². The van der Waals surface area contributed by atoms with Gasteiger partial charge in [-0.05, 0) is 32.9 Å². The molecule has 2 heterocycles. The van der Waals surface area contributed by atoms with E-state index >= 15 is 0 Å². The Labute approximate surface area is 108 Å². The van der Waals surface area contributed by atoms with E-state index in [4.69, 9.17) is 0 Å². The molecule has 4 nitrogen and oxygen atoms in total. The van der Waals surface area contributed by atoms with Crippen LogP contribution in [0.25, 0.3) is 11.4 Å². The maximum absolute atomic E-state index is 4.36. The van der Waals surface area contributed by atoms with Gasteiger partial charge in [0, 0.05) is 48.0 Å². The third-order valence-electron chi connectivity index (χ3n) is 2.45. The summed E-state index contributed by atoms with van der Waals surface area (Å²) in [6.07, 6.45) is 7.22. The van der Waals surface area contributed by atoms with E-state index < -0.39 is 0 Å². The molecule has 0 aromatic carbocycles. The molecular formula is C14H18N4. The molecule has 0 spiro atoms. The van der Waals surface area contributed by atoms with Gasteiger partial charge in [0.05, 0.1) is 0 Å². The highest BCUT2D eigenvalue weighted by Crippen LogP contribution is 2.12. The first-order chi connectivity index (χ1) is 8.54. The van der Waals surface area contributed by atoms with Crippen LogP contribution in [-0.2, 0) is 6.54 Å². The smallest absolute Gasteiger partial charge is 0.160 e. The first-order valence-corrected chi connectivity index (χ1v) is 6.01. The van der Waals surface area contributed by atoms with Crippen molar-refractivity contribution in [3.05, 3.63) is 42.5 Å². The fraction of sp³-hybridized carbons (Fsp3) is 0.357. The van der Waals surface area contributed by atoms with Crippen LogP contribution in [0.3, 0.4) is 0 Å². The van der Waals surface area contributed by atoms with E-state index in [2.05, 4.69) is 41.0 Å². The van der Waals surface area contributed by atoms with Crippen LogP contribution in [0.1, 0.15) is 26.3 Å². The summed E-state index contributed by atoms with van der Waals surface area (Å²) in [6, 6.07) is 3.84. The van der Waals surface area contributed by atoms with Crippen molar-refractivity contribution in [2.24, 2.45) is 0 Å². The van der Waals surface area contributed by atoms with Gasteiger partial charge in [-0.15, -0.1) is 0 Å². The molecule has 0 aliphatic rings. The lowest BCUT2D eigenvalue weighted by Gasteiger charge is -2.20. The largest absolute Gasteiger partial charge is 0.308 e. The van der Waals surface area contributed by atoms with E-state index in [0.29, 0.717) is 5.82 Å². The maximum atomic E-state index is 4.36. The first kappa shape index (κ1) is 12.6. The Morgan fingerprint density at radius 2 is 1.83 bits per heavy atom. The van der Waals surface area contributed by atoms with Crippen LogP contribution in [0.4, 0.5) is 0 Å². The number of nitrogens with zero attached hydrogens (tertiary/aromatic N) is 3. The van der Waals surface area contributed by atoms with Gasteiger partial charge in [0.15, 0.2) is 5.82 Å². The van der Waals surface area contributed by atoms with Gasteiger partial charge in [0.25, 0.3) is 0 Å². The molecule has 0 atom stereocenters. The summed E-state index contributed by atoms with van der Waals surface area (Å²) in [6.45, 7) is 7.18. The molecule has 4 heteroatoms. The molecule has 0 aliphatic carbocycles. The minimum Gasteiger partial charge on any atom is -0.308 e. The van der Waals surface area contributed by atoms with Crippen molar-refractivity contribution in [2.75, 3.05) is 0 Å². The van der Waals surface area contributed by atoms with Crippen molar-refractivity contribution >= 4 is 0 Å². The Kier molecular flexibility index (Phi) is 3.67. The summed E-state index contributed by atoms with van der Waals surface area (Å²) in [5, 5.41) is 3.41. The molecule has 0 bridgehead atoms. The second-order valence-corrected chi connectivity index (χ2v) is 5.26. The number of hydrogen-bond donors (Lipinski definition) is 1. The zero-order valence-corrected chi connectivity index (χ0v) is 11.0. The highest BCUT2D eigenvalue weighted by Gasteiger charge is 2.08. The van der Waals surface area contributed by atoms with Crippen molar-refractivity contribution in [2.45, 2.75) is 32.9 Å². The summed E-state index contributed by atoms with van der Waals surface area (Å²) >= 11 is 0. The Bertz CT molecular complexity index is 485. The summed E-state index contributed by atoms with van der Waals surface area (Å²) < 4.78 is 0. The summed E-state index contributed by atoms with van der Waals surface area (Å²) in [7, 11) is 0. The maximum Gasteiger partial charge on any atom is 0.160 e. The van der Waals surface area contributed by atoms with Gasteiger partial charge < -0.3 is 5.32 Å². The molecule has 0 amide bonds. The molecule has 1 N–H and O–H groups in total. The summed E-state index contributed by atoms with van der Waals surface area (Å²) in [5.74, 6) is 0.711. The lowest BCUT2D eigenvalue weighted by molar-refractivity contribution is 0.423. The van der Waals surface area contributed by atoms with Gasteiger partial charge in [-0.25, -0.2) is 9.97 Å². The molecule has 0 radical (unpaired) electrons. The normalized spacial score (nSPS) is 11.5. The predicted octanol–water partition coefficient (Wildman–Crippen LogP) is 2.43. The molecule has 18 heavy (non-hydrogen) atoms. The zero-order chi connectivity index (χ0) is 13.0. The molecule has 0 fully saturated rings. The van der Waals surface area contributed by atoms with E-state index in [1.807, 2.05) is 24.5 Å². The van der Waals surface area contributed by atoms with Gasteiger partial charge in [-0.2, -0.15) is 0 Å². The van der Waals surface area contributed by atoms with Gasteiger partial charge >= 0.3 is 0 Å². The van der Waals surface area contributed by atoms with E-state index in [9.17, 15) is 0 Å². The van der Waals surface area contributed by atoms with Crippen LogP contribution in [0.15, 0.2) is 36.9 Å². The number of pyridine rings is 1. The highest BCUT2D eigenvalue weighted by atomic mass is 15.0. The fourth-order valence-electron chi connectivity index (χ4n) is 1.46. The zero-order valence-electron chi connectivity index (χ0n) is 11.0. The molecule has 94 valence electrons. The van der Waals surface area contributed by atoms with Gasteiger partial charge in [-0.3, -0.25) is 4.98 Å². The van der Waals surface area contributed by atoms with Gasteiger partial charge in [-0.1, -0.05) is 0 Å². The summed E-state index contributed by atoms with van der Waals surface area (Å²) in [5.41, 5.74) is 2.12. The average Bonchev–Trinajstić information content (AvgIpc) is 2.37. The second-order valence-electron chi connectivity index (χ2n) is 5.26. The van der Waals surface area contributed by atoms with Crippen LogP contribution in [0, 0.1) is 0 Å². The molecule has 2 aromatic rings. The molecular weight excluding hydrogens is 224 g/mol. The number of nitrogens with one attached hydrogen (secondary N) is 1. The lowest BCUT2D eigenvalue weighted by Crippen LogP contribution is -2.35. The SMILES string of the molecule is CC(C)(C)NCc1cnc(-c2cccnc2)nc1. The first-order valence-electron chi connectivity index (χ1n) is 6.01.